The topological polar surface area (TPSA) is 44.8 Å². The quantitative estimate of drug-likeness (QED) is 0.536. The van der Waals surface area contributed by atoms with E-state index in [2.05, 4.69) is 5.10 Å². The lowest BCUT2D eigenvalue weighted by molar-refractivity contribution is 0.779. The van der Waals surface area contributed by atoms with Crippen LogP contribution in [0.25, 0.3) is 27.6 Å². The summed E-state index contributed by atoms with van der Waals surface area (Å²) in [5, 5.41) is 5.38. The summed E-state index contributed by atoms with van der Waals surface area (Å²) in [6.45, 7) is 0. The van der Waals surface area contributed by atoms with Crippen molar-refractivity contribution >= 4 is 21.9 Å². The average Bonchev–Trinajstić information content (AvgIpc) is 2.98. The molecule has 0 aliphatic rings. The van der Waals surface area contributed by atoms with Gasteiger partial charge in [-0.15, -0.1) is 0 Å². The third-order valence-electron chi connectivity index (χ3n) is 3.84. The van der Waals surface area contributed by atoms with Gasteiger partial charge in [0.25, 0.3) is 0 Å². The van der Waals surface area contributed by atoms with Crippen LogP contribution in [0.15, 0.2) is 53.5 Å². The third kappa shape index (κ3) is 1.57. The van der Waals surface area contributed by atoms with Crippen LogP contribution in [0.5, 0.6) is 0 Å². The Kier molecular flexibility index (Phi) is 2.33. The second-order valence-corrected chi connectivity index (χ2v) is 5.18. The lowest BCUT2D eigenvalue weighted by atomic mass is 10.2. The second-order valence-electron chi connectivity index (χ2n) is 5.18. The molecule has 0 N–H and O–H groups in total. The van der Waals surface area contributed by atoms with Gasteiger partial charge in [-0.3, -0.25) is 13.8 Å². The largest absolute Gasteiger partial charge is 0.333 e. The minimum Gasteiger partial charge on any atom is -0.295 e. The standard InChI is InChI=1S/C16H14N4O/c1-18-10-11-12(17-18)6-5-9-13(11)20-15-8-4-3-7-14(15)19(2)16(20)21/h3-10H,1-2H3. The molecular weight excluding hydrogens is 264 g/mol. The predicted octanol–water partition coefficient (Wildman–Crippen LogP) is 2.22. The molecule has 0 aliphatic carbocycles. The average molecular weight is 278 g/mol. The molecule has 4 rings (SSSR count). The molecule has 0 unspecified atom stereocenters. The zero-order valence-electron chi connectivity index (χ0n) is 11.8. The third-order valence-corrected chi connectivity index (χ3v) is 3.84. The Morgan fingerprint density at radius 1 is 0.952 bits per heavy atom. The van der Waals surface area contributed by atoms with Crippen molar-refractivity contribution in [1.29, 1.82) is 0 Å². The van der Waals surface area contributed by atoms with Crippen molar-refractivity contribution in [3.63, 3.8) is 0 Å². The van der Waals surface area contributed by atoms with Gasteiger partial charge in [0.2, 0.25) is 0 Å². The molecule has 5 nitrogen and oxygen atoms in total. The van der Waals surface area contributed by atoms with E-state index in [0.717, 1.165) is 27.6 Å². The molecule has 0 amide bonds. The highest BCUT2D eigenvalue weighted by Gasteiger charge is 2.14. The summed E-state index contributed by atoms with van der Waals surface area (Å²) in [6.07, 6.45) is 1.94. The van der Waals surface area contributed by atoms with Crippen LogP contribution in [0.2, 0.25) is 0 Å². The van der Waals surface area contributed by atoms with E-state index in [1.807, 2.05) is 55.7 Å². The van der Waals surface area contributed by atoms with Gasteiger partial charge in [0.1, 0.15) is 0 Å². The van der Waals surface area contributed by atoms with Crippen molar-refractivity contribution in [3.05, 3.63) is 59.1 Å². The van der Waals surface area contributed by atoms with Gasteiger partial charge in [-0.05, 0) is 24.3 Å². The molecule has 2 aromatic heterocycles. The van der Waals surface area contributed by atoms with Gasteiger partial charge < -0.3 is 0 Å². The van der Waals surface area contributed by atoms with Crippen LogP contribution in [0.3, 0.4) is 0 Å². The molecule has 2 aromatic carbocycles. The summed E-state index contributed by atoms with van der Waals surface area (Å²) in [6, 6.07) is 13.6. The van der Waals surface area contributed by atoms with Gasteiger partial charge >= 0.3 is 5.69 Å². The van der Waals surface area contributed by atoms with E-state index in [4.69, 9.17) is 0 Å². The van der Waals surface area contributed by atoms with E-state index in [0.29, 0.717) is 0 Å². The van der Waals surface area contributed by atoms with Crippen molar-refractivity contribution < 1.29 is 0 Å². The van der Waals surface area contributed by atoms with Crippen molar-refractivity contribution in [1.82, 2.24) is 18.9 Å². The first-order chi connectivity index (χ1) is 10.2. The number of hydrogen-bond donors (Lipinski definition) is 0. The molecule has 0 saturated carbocycles. The summed E-state index contributed by atoms with van der Waals surface area (Å²) in [7, 11) is 3.68. The molecule has 0 atom stereocenters. The smallest absolute Gasteiger partial charge is 0.295 e. The Morgan fingerprint density at radius 3 is 2.52 bits per heavy atom. The van der Waals surface area contributed by atoms with Gasteiger partial charge in [-0.2, -0.15) is 5.10 Å². The molecule has 0 radical (unpaired) electrons. The van der Waals surface area contributed by atoms with Crippen molar-refractivity contribution in [3.8, 4) is 5.69 Å². The number of imidazole rings is 1. The maximum absolute atomic E-state index is 12.6. The minimum atomic E-state index is -0.0486. The number of aryl methyl sites for hydroxylation is 2. The van der Waals surface area contributed by atoms with E-state index in [9.17, 15) is 4.79 Å². The van der Waals surface area contributed by atoms with Crippen molar-refractivity contribution in [2.45, 2.75) is 0 Å². The minimum absolute atomic E-state index is 0.0486. The van der Waals surface area contributed by atoms with Crippen LogP contribution in [0.4, 0.5) is 0 Å². The monoisotopic (exact) mass is 278 g/mol. The Balaban J connectivity index is 2.19. The Bertz CT molecular complexity index is 1040. The number of benzene rings is 2. The summed E-state index contributed by atoms with van der Waals surface area (Å²) >= 11 is 0. The van der Waals surface area contributed by atoms with Crippen molar-refractivity contribution in [2.75, 3.05) is 0 Å². The molecule has 0 fully saturated rings. The lowest BCUT2D eigenvalue weighted by Gasteiger charge is -2.04. The highest BCUT2D eigenvalue weighted by atomic mass is 16.1. The number of aromatic nitrogens is 4. The maximum Gasteiger partial charge on any atom is 0.333 e. The van der Waals surface area contributed by atoms with Gasteiger partial charge in [0, 0.05) is 25.7 Å². The van der Waals surface area contributed by atoms with E-state index in [1.54, 1.807) is 20.9 Å². The van der Waals surface area contributed by atoms with E-state index in [-0.39, 0.29) is 5.69 Å². The summed E-state index contributed by atoms with van der Waals surface area (Å²) in [5.41, 5.74) is 3.52. The normalized spacial score (nSPS) is 11.5. The fourth-order valence-electron chi connectivity index (χ4n) is 2.87. The first-order valence-corrected chi connectivity index (χ1v) is 6.76. The Hall–Kier alpha value is -2.82. The highest BCUT2D eigenvalue weighted by molar-refractivity contribution is 5.89. The molecular formula is C16H14N4O. The summed E-state index contributed by atoms with van der Waals surface area (Å²) < 4.78 is 5.19. The molecule has 0 aliphatic heterocycles. The number of para-hydroxylation sites is 2. The van der Waals surface area contributed by atoms with E-state index >= 15 is 0 Å². The molecule has 0 spiro atoms. The first kappa shape index (κ1) is 12.0. The van der Waals surface area contributed by atoms with Crippen LogP contribution >= 0.6 is 0 Å². The molecule has 4 aromatic rings. The van der Waals surface area contributed by atoms with Gasteiger partial charge in [-0.1, -0.05) is 18.2 Å². The van der Waals surface area contributed by atoms with Crippen LogP contribution in [-0.2, 0) is 14.1 Å². The SMILES string of the molecule is Cn1cc2c(-n3c(=O)n(C)c4ccccc43)cccc2n1. The zero-order chi connectivity index (χ0) is 14.6. The molecule has 0 bridgehead atoms. The van der Waals surface area contributed by atoms with Crippen LogP contribution in [0.1, 0.15) is 0 Å². The fourth-order valence-corrected chi connectivity index (χ4v) is 2.87. The number of fused-ring (bicyclic) bond motifs is 2. The van der Waals surface area contributed by atoms with E-state index < -0.39 is 0 Å². The summed E-state index contributed by atoms with van der Waals surface area (Å²) in [4.78, 5) is 12.6. The second kappa shape index (κ2) is 4.09. The number of nitrogens with zero attached hydrogens (tertiary/aromatic N) is 4. The first-order valence-electron chi connectivity index (χ1n) is 6.76. The lowest BCUT2D eigenvalue weighted by Crippen LogP contribution is -2.20. The zero-order valence-corrected chi connectivity index (χ0v) is 11.8. The molecule has 104 valence electrons. The van der Waals surface area contributed by atoms with Gasteiger partial charge in [0.05, 0.1) is 22.2 Å². The Labute approximate surface area is 120 Å². The van der Waals surface area contributed by atoms with E-state index in [1.165, 1.54) is 0 Å². The highest BCUT2D eigenvalue weighted by Crippen LogP contribution is 2.23. The van der Waals surface area contributed by atoms with Crippen LogP contribution < -0.4 is 5.69 Å². The molecule has 5 heteroatoms. The fraction of sp³-hybridized carbons (Fsp3) is 0.125. The molecule has 0 saturated heterocycles. The van der Waals surface area contributed by atoms with Crippen molar-refractivity contribution in [2.24, 2.45) is 14.1 Å². The number of rotatable bonds is 1. The van der Waals surface area contributed by atoms with Gasteiger partial charge in [0.15, 0.2) is 0 Å². The van der Waals surface area contributed by atoms with Gasteiger partial charge in [-0.25, -0.2) is 4.79 Å². The number of hydrogen-bond acceptors (Lipinski definition) is 2. The Morgan fingerprint density at radius 2 is 1.71 bits per heavy atom. The molecule has 2 heterocycles. The maximum atomic E-state index is 12.6. The van der Waals surface area contributed by atoms with Crippen LogP contribution in [0, 0.1) is 0 Å². The molecule has 21 heavy (non-hydrogen) atoms. The summed E-state index contributed by atoms with van der Waals surface area (Å²) in [5.74, 6) is 0. The van der Waals surface area contributed by atoms with Crippen LogP contribution in [-0.4, -0.2) is 18.9 Å². The predicted molar refractivity (Wildman–Crippen MR) is 82.8 cm³/mol.